The molecule has 1 amide bonds. The average molecular weight is 271 g/mol. The van der Waals surface area contributed by atoms with Gasteiger partial charge in [0, 0.05) is 39.4 Å². The highest BCUT2D eigenvalue weighted by atomic mass is 32.2. The number of amides is 1. The van der Waals surface area contributed by atoms with Crippen LogP contribution >= 0.6 is 11.8 Å². The van der Waals surface area contributed by atoms with E-state index in [2.05, 4.69) is 24.2 Å². The van der Waals surface area contributed by atoms with Crippen LogP contribution in [0.3, 0.4) is 0 Å². The predicted molar refractivity (Wildman–Crippen MR) is 79.1 cm³/mol. The number of hydrogen-bond acceptors (Lipinski definition) is 4. The van der Waals surface area contributed by atoms with Crippen LogP contribution in [0.1, 0.15) is 33.1 Å². The SMILES string of the molecule is CCC1(CC)CN=C(NCCC(=O)N(C)C)SC1. The first-order chi connectivity index (χ1) is 8.53. The summed E-state index contributed by atoms with van der Waals surface area (Å²) in [7, 11) is 3.57. The fourth-order valence-corrected chi connectivity index (χ4v) is 3.14. The zero-order valence-corrected chi connectivity index (χ0v) is 12.8. The molecule has 0 fully saturated rings. The third kappa shape index (κ3) is 4.19. The number of thioether (sulfide) groups is 1. The van der Waals surface area contributed by atoms with E-state index in [1.807, 2.05) is 0 Å². The molecule has 0 saturated heterocycles. The second-order valence-corrected chi connectivity index (χ2v) is 6.05. The Labute approximate surface area is 115 Å². The lowest BCUT2D eigenvalue weighted by Crippen LogP contribution is -2.36. The first-order valence-corrected chi connectivity index (χ1v) is 7.63. The molecule has 0 aliphatic carbocycles. The standard InChI is InChI=1S/C13H25N3OS/c1-5-13(6-2)9-15-12(18-10-13)14-8-7-11(17)16(3)4/h5-10H2,1-4H3,(H,14,15). The van der Waals surface area contributed by atoms with Crippen molar-refractivity contribution in [1.29, 1.82) is 0 Å². The Morgan fingerprint density at radius 3 is 2.56 bits per heavy atom. The lowest BCUT2D eigenvalue weighted by molar-refractivity contribution is -0.128. The predicted octanol–water partition coefficient (Wildman–Crippen LogP) is 1.96. The second kappa shape index (κ2) is 7.02. The third-order valence-electron chi connectivity index (χ3n) is 3.69. The fraction of sp³-hybridized carbons (Fsp3) is 0.846. The first-order valence-electron chi connectivity index (χ1n) is 6.64. The van der Waals surface area contributed by atoms with Gasteiger partial charge in [-0.15, -0.1) is 0 Å². The van der Waals surface area contributed by atoms with E-state index in [0.29, 0.717) is 18.4 Å². The van der Waals surface area contributed by atoms with E-state index in [1.165, 1.54) is 12.8 Å². The second-order valence-electron chi connectivity index (χ2n) is 5.08. The minimum atomic E-state index is 0.153. The molecular formula is C13H25N3OS. The van der Waals surface area contributed by atoms with E-state index >= 15 is 0 Å². The summed E-state index contributed by atoms with van der Waals surface area (Å²) in [6.45, 7) is 6.08. The van der Waals surface area contributed by atoms with E-state index < -0.39 is 0 Å². The molecule has 0 spiro atoms. The number of nitrogens with one attached hydrogen (secondary N) is 1. The van der Waals surface area contributed by atoms with Crippen LogP contribution < -0.4 is 5.32 Å². The Bertz CT molecular complexity index is 311. The van der Waals surface area contributed by atoms with Crippen LogP contribution in [0.15, 0.2) is 4.99 Å². The van der Waals surface area contributed by atoms with Gasteiger partial charge in [-0.25, -0.2) is 0 Å². The van der Waals surface area contributed by atoms with Crippen molar-refractivity contribution in [2.75, 3.05) is 32.9 Å². The van der Waals surface area contributed by atoms with Crippen molar-refractivity contribution >= 4 is 22.8 Å². The largest absolute Gasteiger partial charge is 0.364 e. The van der Waals surface area contributed by atoms with Gasteiger partial charge in [-0.1, -0.05) is 25.6 Å². The molecule has 0 aromatic heterocycles. The molecule has 0 aromatic carbocycles. The van der Waals surface area contributed by atoms with Gasteiger partial charge < -0.3 is 10.2 Å². The van der Waals surface area contributed by atoms with Gasteiger partial charge in [-0.05, 0) is 18.3 Å². The summed E-state index contributed by atoms with van der Waals surface area (Å²) in [5, 5.41) is 4.26. The van der Waals surface area contributed by atoms with Crippen molar-refractivity contribution in [2.45, 2.75) is 33.1 Å². The minimum Gasteiger partial charge on any atom is -0.364 e. The van der Waals surface area contributed by atoms with Gasteiger partial charge in [-0.3, -0.25) is 9.79 Å². The summed E-state index contributed by atoms with van der Waals surface area (Å²) >= 11 is 1.79. The van der Waals surface area contributed by atoms with Crippen molar-refractivity contribution in [2.24, 2.45) is 10.4 Å². The number of carbonyl (C=O) groups is 1. The smallest absolute Gasteiger partial charge is 0.223 e. The van der Waals surface area contributed by atoms with Crippen LogP contribution in [0.2, 0.25) is 0 Å². The molecule has 5 heteroatoms. The summed E-state index contributed by atoms with van der Waals surface area (Å²) in [6.07, 6.45) is 2.90. The maximum Gasteiger partial charge on any atom is 0.223 e. The van der Waals surface area contributed by atoms with Gasteiger partial charge in [0.05, 0.1) is 0 Å². The maximum atomic E-state index is 11.4. The minimum absolute atomic E-state index is 0.153. The molecule has 1 aliphatic heterocycles. The summed E-state index contributed by atoms with van der Waals surface area (Å²) in [5.41, 5.74) is 0.384. The summed E-state index contributed by atoms with van der Waals surface area (Å²) < 4.78 is 0. The summed E-state index contributed by atoms with van der Waals surface area (Å²) in [4.78, 5) is 17.7. The van der Waals surface area contributed by atoms with Gasteiger partial charge in [0.25, 0.3) is 0 Å². The number of carbonyl (C=O) groups excluding carboxylic acids is 1. The van der Waals surface area contributed by atoms with Gasteiger partial charge in [0.1, 0.15) is 0 Å². The third-order valence-corrected chi connectivity index (χ3v) is 4.99. The lowest BCUT2D eigenvalue weighted by atomic mass is 9.84. The molecule has 0 unspecified atom stereocenters. The molecule has 0 atom stereocenters. The molecule has 104 valence electrons. The number of amidine groups is 1. The molecule has 0 radical (unpaired) electrons. The Balaban J connectivity index is 2.34. The van der Waals surface area contributed by atoms with Crippen molar-refractivity contribution in [3.8, 4) is 0 Å². The van der Waals surface area contributed by atoms with Crippen LogP contribution in [0.4, 0.5) is 0 Å². The Hall–Kier alpha value is -0.710. The Morgan fingerprint density at radius 1 is 1.44 bits per heavy atom. The monoisotopic (exact) mass is 271 g/mol. The molecule has 1 aliphatic rings. The van der Waals surface area contributed by atoms with E-state index in [4.69, 9.17) is 0 Å². The zero-order valence-electron chi connectivity index (χ0n) is 12.0. The Morgan fingerprint density at radius 2 is 2.11 bits per heavy atom. The van der Waals surface area contributed by atoms with Crippen LogP contribution in [-0.4, -0.2) is 48.9 Å². The molecule has 4 nitrogen and oxygen atoms in total. The molecule has 18 heavy (non-hydrogen) atoms. The molecule has 1 rings (SSSR count). The number of hydrogen-bond donors (Lipinski definition) is 1. The number of nitrogens with zero attached hydrogens (tertiary/aromatic N) is 2. The van der Waals surface area contributed by atoms with Crippen LogP contribution in [0.5, 0.6) is 0 Å². The highest BCUT2D eigenvalue weighted by molar-refractivity contribution is 8.13. The molecule has 0 aromatic rings. The van der Waals surface area contributed by atoms with Crippen molar-refractivity contribution < 1.29 is 4.79 Å². The van der Waals surface area contributed by atoms with E-state index in [0.717, 1.165) is 17.5 Å². The summed E-state index contributed by atoms with van der Waals surface area (Å²) in [6, 6.07) is 0. The average Bonchev–Trinajstić information content (AvgIpc) is 2.39. The van der Waals surface area contributed by atoms with Gasteiger partial charge >= 0.3 is 0 Å². The van der Waals surface area contributed by atoms with Crippen molar-refractivity contribution in [1.82, 2.24) is 10.2 Å². The number of rotatable bonds is 5. The normalized spacial score (nSPS) is 18.1. The fourth-order valence-electron chi connectivity index (χ4n) is 1.84. The zero-order chi connectivity index (χ0) is 13.6. The van der Waals surface area contributed by atoms with Crippen LogP contribution in [-0.2, 0) is 4.79 Å². The van der Waals surface area contributed by atoms with Crippen molar-refractivity contribution in [3.63, 3.8) is 0 Å². The molecular weight excluding hydrogens is 246 g/mol. The van der Waals surface area contributed by atoms with Gasteiger partial charge in [-0.2, -0.15) is 0 Å². The first kappa shape index (κ1) is 15.3. The lowest BCUT2D eigenvalue weighted by Gasteiger charge is -2.33. The quantitative estimate of drug-likeness (QED) is 0.831. The highest BCUT2D eigenvalue weighted by Crippen LogP contribution is 2.34. The van der Waals surface area contributed by atoms with E-state index in [-0.39, 0.29) is 5.91 Å². The highest BCUT2D eigenvalue weighted by Gasteiger charge is 2.29. The molecule has 1 N–H and O–H groups in total. The molecule has 0 bridgehead atoms. The van der Waals surface area contributed by atoms with E-state index in [9.17, 15) is 4.79 Å². The van der Waals surface area contributed by atoms with Crippen LogP contribution in [0, 0.1) is 5.41 Å². The Kier molecular flexibility index (Phi) is 5.99. The molecule has 1 heterocycles. The topological polar surface area (TPSA) is 44.7 Å². The van der Waals surface area contributed by atoms with Gasteiger partial charge in [0.2, 0.25) is 5.91 Å². The molecule has 0 saturated carbocycles. The summed E-state index contributed by atoms with van der Waals surface area (Å²) in [5.74, 6) is 1.29. The van der Waals surface area contributed by atoms with Gasteiger partial charge in [0.15, 0.2) is 5.17 Å². The van der Waals surface area contributed by atoms with Crippen molar-refractivity contribution in [3.05, 3.63) is 0 Å². The number of aliphatic imine (C=N–C) groups is 1. The van der Waals surface area contributed by atoms with Crippen LogP contribution in [0.25, 0.3) is 0 Å². The maximum absolute atomic E-state index is 11.4. The van der Waals surface area contributed by atoms with E-state index in [1.54, 1.807) is 30.8 Å².